The Morgan fingerprint density at radius 2 is 1.62 bits per heavy atom. The van der Waals surface area contributed by atoms with E-state index >= 15 is 0 Å². The van der Waals surface area contributed by atoms with Crippen LogP contribution < -0.4 is 14.8 Å². The largest absolute Gasteiger partial charge is 0.497 e. The van der Waals surface area contributed by atoms with E-state index in [2.05, 4.69) is 43.4 Å². The van der Waals surface area contributed by atoms with Crippen molar-refractivity contribution in [1.29, 1.82) is 0 Å². The molecule has 2 atom stereocenters. The number of aliphatic hydroxyl groups is 1. The Morgan fingerprint density at radius 1 is 1.00 bits per heavy atom. The molecule has 0 fully saturated rings. The Morgan fingerprint density at radius 3 is 2.21 bits per heavy atom. The van der Waals surface area contributed by atoms with Crippen LogP contribution in [0.3, 0.4) is 0 Å². The van der Waals surface area contributed by atoms with Gasteiger partial charge in [0.25, 0.3) is 0 Å². The van der Waals surface area contributed by atoms with Gasteiger partial charge in [-0.05, 0) is 48.7 Å². The van der Waals surface area contributed by atoms with Crippen LogP contribution in [0, 0.1) is 0 Å². The minimum atomic E-state index is -0.565. The van der Waals surface area contributed by atoms with Crippen LogP contribution in [-0.4, -0.2) is 31.5 Å². The van der Waals surface area contributed by atoms with Gasteiger partial charge in [-0.1, -0.05) is 31.2 Å². The molecule has 0 aromatic heterocycles. The molecule has 0 radical (unpaired) electrons. The molecule has 4 nitrogen and oxygen atoms in total. The van der Waals surface area contributed by atoms with Gasteiger partial charge in [0.1, 0.15) is 24.2 Å². The van der Waals surface area contributed by atoms with Gasteiger partial charge in [0, 0.05) is 12.6 Å². The SMILES string of the molecule is CCc1ccc(C(C)NCC(O)COc2ccc(OC)cc2)cc1. The lowest BCUT2D eigenvalue weighted by atomic mass is 10.0. The molecule has 0 saturated heterocycles. The van der Waals surface area contributed by atoms with Crippen LogP contribution in [0.4, 0.5) is 0 Å². The molecule has 0 aliphatic carbocycles. The quantitative estimate of drug-likeness (QED) is 0.741. The fraction of sp³-hybridized carbons (Fsp3) is 0.400. The smallest absolute Gasteiger partial charge is 0.119 e. The van der Waals surface area contributed by atoms with E-state index in [0.29, 0.717) is 6.54 Å². The fourth-order valence-electron chi connectivity index (χ4n) is 2.40. The molecule has 2 N–H and O–H groups in total. The minimum Gasteiger partial charge on any atom is -0.497 e. The summed E-state index contributed by atoms with van der Waals surface area (Å²) in [6.45, 7) is 4.97. The third-order valence-corrected chi connectivity index (χ3v) is 4.05. The molecule has 2 aromatic carbocycles. The van der Waals surface area contributed by atoms with Crippen molar-refractivity contribution in [1.82, 2.24) is 5.32 Å². The molecule has 24 heavy (non-hydrogen) atoms. The summed E-state index contributed by atoms with van der Waals surface area (Å²) in [6.07, 6.45) is 0.480. The van der Waals surface area contributed by atoms with Crippen molar-refractivity contribution >= 4 is 0 Å². The molecule has 0 amide bonds. The van der Waals surface area contributed by atoms with E-state index in [4.69, 9.17) is 9.47 Å². The zero-order valence-electron chi connectivity index (χ0n) is 14.7. The molecule has 130 valence electrons. The maximum absolute atomic E-state index is 10.1. The molecule has 0 heterocycles. The summed E-state index contributed by atoms with van der Waals surface area (Å²) in [4.78, 5) is 0. The number of benzene rings is 2. The van der Waals surface area contributed by atoms with Crippen molar-refractivity contribution in [2.75, 3.05) is 20.3 Å². The van der Waals surface area contributed by atoms with E-state index in [1.807, 2.05) is 24.3 Å². The number of hydrogen-bond donors (Lipinski definition) is 2. The summed E-state index contributed by atoms with van der Waals surface area (Å²) in [5.74, 6) is 1.51. The molecule has 0 bridgehead atoms. The van der Waals surface area contributed by atoms with Crippen molar-refractivity contribution in [2.45, 2.75) is 32.4 Å². The summed E-state index contributed by atoms with van der Waals surface area (Å²) in [7, 11) is 1.63. The molecule has 2 unspecified atom stereocenters. The molecule has 2 aromatic rings. The van der Waals surface area contributed by atoms with Gasteiger partial charge in [-0.2, -0.15) is 0 Å². The zero-order valence-corrected chi connectivity index (χ0v) is 14.7. The second-order valence-corrected chi connectivity index (χ2v) is 5.87. The number of aryl methyl sites for hydroxylation is 1. The van der Waals surface area contributed by atoms with Crippen molar-refractivity contribution in [3.8, 4) is 11.5 Å². The fourth-order valence-corrected chi connectivity index (χ4v) is 2.40. The lowest BCUT2D eigenvalue weighted by molar-refractivity contribution is 0.104. The van der Waals surface area contributed by atoms with E-state index in [1.165, 1.54) is 11.1 Å². The van der Waals surface area contributed by atoms with E-state index < -0.39 is 6.10 Å². The van der Waals surface area contributed by atoms with Crippen LogP contribution in [0.1, 0.15) is 31.0 Å². The third-order valence-electron chi connectivity index (χ3n) is 4.05. The third kappa shape index (κ3) is 5.55. The summed E-state index contributed by atoms with van der Waals surface area (Å²) < 4.78 is 10.7. The average Bonchev–Trinajstić information content (AvgIpc) is 2.64. The molecule has 2 rings (SSSR count). The van der Waals surface area contributed by atoms with Gasteiger partial charge in [0.2, 0.25) is 0 Å². The normalized spacial score (nSPS) is 13.3. The lowest BCUT2D eigenvalue weighted by Gasteiger charge is -2.18. The monoisotopic (exact) mass is 329 g/mol. The first kappa shape index (κ1) is 18.3. The van der Waals surface area contributed by atoms with E-state index in [0.717, 1.165) is 17.9 Å². The number of aliphatic hydroxyl groups excluding tert-OH is 1. The summed E-state index contributed by atoms with van der Waals surface area (Å²) in [5, 5.41) is 13.4. The van der Waals surface area contributed by atoms with Crippen LogP contribution in [0.25, 0.3) is 0 Å². The Hall–Kier alpha value is -2.04. The highest BCUT2D eigenvalue weighted by molar-refractivity contribution is 5.31. The predicted molar refractivity (Wildman–Crippen MR) is 96.7 cm³/mol. The van der Waals surface area contributed by atoms with Gasteiger partial charge in [0.05, 0.1) is 7.11 Å². The lowest BCUT2D eigenvalue weighted by Crippen LogP contribution is -2.33. The van der Waals surface area contributed by atoms with Crippen LogP contribution >= 0.6 is 0 Å². The van der Waals surface area contributed by atoms with Crippen molar-refractivity contribution in [3.05, 3.63) is 59.7 Å². The molecular formula is C20H27NO3. The van der Waals surface area contributed by atoms with Gasteiger partial charge in [-0.25, -0.2) is 0 Å². The second-order valence-electron chi connectivity index (χ2n) is 5.87. The highest BCUT2D eigenvalue weighted by Crippen LogP contribution is 2.17. The average molecular weight is 329 g/mol. The van der Waals surface area contributed by atoms with Crippen molar-refractivity contribution in [3.63, 3.8) is 0 Å². The van der Waals surface area contributed by atoms with Crippen LogP contribution in [0.15, 0.2) is 48.5 Å². The molecule has 0 aliphatic rings. The summed E-state index contributed by atoms with van der Waals surface area (Å²) >= 11 is 0. The summed E-state index contributed by atoms with van der Waals surface area (Å²) in [5.41, 5.74) is 2.55. The topological polar surface area (TPSA) is 50.7 Å². The van der Waals surface area contributed by atoms with E-state index in [-0.39, 0.29) is 12.6 Å². The number of nitrogens with one attached hydrogen (secondary N) is 1. The molecule has 0 aliphatic heterocycles. The van der Waals surface area contributed by atoms with Gasteiger partial charge >= 0.3 is 0 Å². The van der Waals surface area contributed by atoms with Crippen LogP contribution in [0.5, 0.6) is 11.5 Å². The van der Waals surface area contributed by atoms with Crippen LogP contribution in [-0.2, 0) is 6.42 Å². The number of rotatable bonds is 9. The minimum absolute atomic E-state index is 0.187. The van der Waals surface area contributed by atoms with Crippen molar-refractivity contribution in [2.24, 2.45) is 0 Å². The van der Waals surface area contributed by atoms with Crippen molar-refractivity contribution < 1.29 is 14.6 Å². The standard InChI is InChI=1S/C20H27NO3/c1-4-16-5-7-17(8-6-16)15(2)21-13-18(22)14-24-20-11-9-19(23-3)10-12-20/h5-12,15,18,21-22H,4,13-14H2,1-3H3. The maximum atomic E-state index is 10.1. The predicted octanol–water partition coefficient (Wildman–Crippen LogP) is 3.35. The van der Waals surface area contributed by atoms with Gasteiger partial charge in [0.15, 0.2) is 0 Å². The van der Waals surface area contributed by atoms with Crippen LogP contribution in [0.2, 0.25) is 0 Å². The Bertz CT molecular complexity index is 595. The van der Waals surface area contributed by atoms with Gasteiger partial charge in [-0.3, -0.25) is 0 Å². The molecule has 0 saturated carbocycles. The summed E-state index contributed by atoms with van der Waals surface area (Å²) in [6, 6.07) is 16.1. The highest BCUT2D eigenvalue weighted by Gasteiger charge is 2.09. The Kier molecular flexibility index (Phi) is 7.09. The Balaban J connectivity index is 1.74. The molecule has 0 spiro atoms. The number of methoxy groups -OCH3 is 1. The van der Waals surface area contributed by atoms with Gasteiger partial charge in [-0.15, -0.1) is 0 Å². The highest BCUT2D eigenvalue weighted by atomic mass is 16.5. The maximum Gasteiger partial charge on any atom is 0.119 e. The molecule has 4 heteroatoms. The first-order valence-corrected chi connectivity index (χ1v) is 8.39. The van der Waals surface area contributed by atoms with Gasteiger partial charge < -0.3 is 19.9 Å². The first-order chi connectivity index (χ1) is 11.6. The Labute approximate surface area is 144 Å². The number of hydrogen-bond acceptors (Lipinski definition) is 4. The van der Waals surface area contributed by atoms with E-state index in [1.54, 1.807) is 7.11 Å². The first-order valence-electron chi connectivity index (χ1n) is 8.39. The molecular weight excluding hydrogens is 302 g/mol. The van der Waals surface area contributed by atoms with E-state index in [9.17, 15) is 5.11 Å². The zero-order chi connectivity index (χ0) is 17.4. The second kappa shape index (κ2) is 9.30. The number of ether oxygens (including phenoxy) is 2.